The number of allylic oxidation sites excluding steroid dienone is 2. The van der Waals surface area contributed by atoms with E-state index in [0.29, 0.717) is 0 Å². The molecule has 0 saturated carbocycles. The van der Waals surface area contributed by atoms with Crippen molar-refractivity contribution >= 4 is 22.6 Å². The monoisotopic (exact) mass is 425 g/mol. The van der Waals surface area contributed by atoms with Crippen LogP contribution in [0, 0.1) is 3.57 Å². The number of aromatic nitrogens is 3. The van der Waals surface area contributed by atoms with Crippen LogP contribution < -0.4 is 17.1 Å². The zero-order chi connectivity index (χ0) is 17.0. The van der Waals surface area contributed by atoms with Crippen molar-refractivity contribution in [2.75, 3.05) is 0 Å². The summed E-state index contributed by atoms with van der Waals surface area (Å²) in [6.45, 7) is 7.27. The lowest BCUT2D eigenvalue weighted by Crippen LogP contribution is -2.54. The maximum absolute atomic E-state index is 12.5. The average Bonchev–Trinajstić information content (AvgIpc) is 2.54. The number of benzene rings is 1. The number of rotatable bonds is 6. The molecule has 0 amide bonds. The predicted octanol–water partition coefficient (Wildman–Crippen LogP) is 1.20. The van der Waals surface area contributed by atoms with Crippen LogP contribution in [-0.2, 0) is 19.6 Å². The predicted molar refractivity (Wildman–Crippen MR) is 97.9 cm³/mol. The molecule has 120 valence electrons. The maximum atomic E-state index is 12.5. The molecule has 1 heterocycles. The maximum Gasteiger partial charge on any atom is 0.336 e. The van der Waals surface area contributed by atoms with Crippen molar-refractivity contribution in [3.63, 3.8) is 0 Å². The summed E-state index contributed by atoms with van der Waals surface area (Å²) in [7, 11) is 0. The van der Waals surface area contributed by atoms with E-state index in [0.717, 1.165) is 22.8 Å². The standard InChI is InChI=1S/C16H16IN3O3/c1-3-9-18-14(21)19(10-4-2)16(23)20(15(18)22)11-12-5-7-13(17)8-6-12/h3-8H,1-2,9-11H2. The minimum absolute atomic E-state index is 0.0434. The smallest absolute Gasteiger partial charge is 0.247 e. The van der Waals surface area contributed by atoms with E-state index in [-0.39, 0.29) is 19.6 Å². The topological polar surface area (TPSA) is 66.0 Å². The summed E-state index contributed by atoms with van der Waals surface area (Å²) < 4.78 is 4.09. The second-order valence-corrected chi connectivity index (χ2v) is 6.10. The summed E-state index contributed by atoms with van der Waals surface area (Å²) in [5, 5.41) is 0. The summed E-state index contributed by atoms with van der Waals surface area (Å²) in [5.41, 5.74) is -1.13. The molecule has 0 spiro atoms. The van der Waals surface area contributed by atoms with Crippen molar-refractivity contribution in [1.29, 1.82) is 0 Å². The largest absolute Gasteiger partial charge is 0.336 e. The fourth-order valence-corrected chi connectivity index (χ4v) is 2.52. The number of hydrogen-bond acceptors (Lipinski definition) is 3. The molecular weight excluding hydrogens is 409 g/mol. The summed E-state index contributed by atoms with van der Waals surface area (Å²) >= 11 is 2.18. The van der Waals surface area contributed by atoms with Gasteiger partial charge in [-0.1, -0.05) is 24.3 Å². The van der Waals surface area contributed by atoms with Crippen LogP contribution in [0.1, 0.15) is 5.56 Å². The molecule has 7 heteroatoms. The molecule has 0 N–H and O–H groups in total. The van der Waals surface area contributed by atoms with Crippen LogP contribution in [0.25, 0.3) is 0 Å². The van der Waals surface area contributed by atoms with Crippen LogP contribution in [-0.4, -0.2) is 13.7 Å². The van der Waals surface area contributed by atoms with Gasteiger partial charge in [-0.15, -0.1) is 13.2 Å². The third-order valence-corrected chi connectivity index (χ3v) is 3.98. The minimum atomic E-state index is -0.654. The van der Waals surface area contributed by atoms with Gasteiger partial charge in [0.15, 0.2) is 0 Å². The Balaban J connectivity index is 2.66. The third-order valence-electron chi connectivity index (χ3n) is 3.26. The molecule has 0 radical (unpaired) electrons. The molecule has 2 aromatic rings. The quantitative estimate of drug-likeness (QED) is 0.516. The van der Waals surface area contributed by atoms with Crippen LogP contribution in [0.5, 0.6) is 0 Å². The molecule has 0 fully saturated rings. The Bertz CT molecular complexity index is 856. The van der Waals surface area contributed by atoms with Gasteiger partial charge in [-0.3, -0.25) is 0 Å². The average molecular weight is 425 g/mol. The van der Waals surface area contributed by atoms with Crippen molar-refractivity contribution in [3.05, 3.63) is 90.2 Å². The van der Waals surface area contributed by atoms with E-state index in [4.69, 9.17) is 0 Å². The second-order valence-electron chi connectivity index (χ2n) is 4.86. The molecular formula is C16H16IN3O3. The van der Waals surface area contributed by atoms with Crippen molar-refractivity contribution in [3.8, 4) is 0 Å². The minimum Gasteiger partial charge on any atom is -0.247 e. The molecule has 0 bridgehead atoms. The van der Waals surface area contributed by atoms with E-state index in [1.807, 2.05) is 24.3 Å². The van der Waals surface area contributed by atoms with Crippen LogP contribution >= 0.6 is 22.6 Å². The van der Waals surface area contributed by atoms with E-state index in [2.05, 4.69) is 35.7 Å². The van der Waals surface area contributed by atoms with Gasteiger partial charge < -0.3 is 0 Å². The lowest BCUT2D eigenvalue weighted by atomic mass is 10.2. The van der Waals surface area contributed by atoms with Gasteiger partial charge in [0, 0.05) is 3.57 Å². The zero-order valence-electron chi connectivity index (χ0n) is 12.4. The Morgan fingerprint density at radius 3 is 1.70 bits per heavy atom. The van der Waals surface area contributed by atoms with Gasteiger partial charge in [-0.25, -0.2) is 28.1 Å². The highest BCUT2D eigenvalue weighted by Gasteiger charge is 2.14. The summed E-state index contributed by atoms with van der Waals surface area (Å²) in [4.78, 5) is 37.2. The molecule has 0 unspecified atom stereocenters. The van der Waals surface area contributed by atoms with Crippen LogP contribution in [0.15, 0.2) is 64.0 Å². The Kier molecular flexibility index (Phi) is 5.54. The highest BCUT2D eigenvalue weighted by molar-refractivity contribution is 14.1. The Hall–Kier alpha value is -2.16. The van der Waals surface area contributed by atoms with Gasteiger partial charge in [0.05, 0.1) is 19.6 Å². The molecule has 1 aromatic heterocycles. The Labute approximate surface area is 146 Å². The van der Waals surface area contributed by atoms with E-state index in [1.165, 1.54) is 12.2 Å². The van der Waals surface area contributed by atoms with Gasteiger partial charge in [-0.2, -0.15) is 0 Å². The lowest BCUT2D eigenvalue weighted by Gasteiger charge is -2.12. The summed E-state index contributed by atoms with van der Waals surface area (Å²) in [5.74, 6) is 0. The second kappa shape index (κ2) is 7.40. The molecule has 0 aliphatic rings. The van der Waals surface area contributed by atoms with Crippen LogP contribution in [0.3, 0.4) is 0 Å². The van der Waals surface area contributed by atoms with Crippen molar-refractivity contribution in [1.82, 2.24) is 13.7 Å². The number of halogens is 1. The summed E-state index contributed by atoms with van der Waals surface area (Å²) in [6.07, 6.45) is 2.89. The first-order valence-corrected chi connectivity index (χ1v) is 7.98. The van der Waals surface area contributed by atoms with Gasteiger partial charge in [-0.05, 0) is 40.3 Å². The van der Waals surface area contributed by atoms with Gasteiger partial charge >= 0.3 is 17.1 Å². The Morgan fingerprint density at radius 1 is 0.826 bits per heavy atom. The van der Waals surface area contributed by atoms with Crippen molar-refractivity contribution < 1.29 is 0 Å². The molecule has 0 aliphatic heterocycles. The van der Waals surface area contributed by atoms with E-state index in [1.54, 1.807) is 0 Å². The summed E-state index contributed by atoms with van der Waals surface area (Å²) in [6, 6.07) is 7.47. The lowest BCUT2D eigenvalue weighted by molar-refractivity contribution is 0.498. The van der Waals surface area contributed by atoms with Crippen molar-refractivity contribution in [2.45, 2.75) is 19.6 Å². The fourth-order valence-electron chi connectivity index (χ4n) is 2.16. The van der Waals surface area contributed by atoms with Gasteiger partial charge in [0.2, 0.25) is 0 Å². The molecule has 0 aliphatic carbocycles. The first-order valence-electron chi connectivity index (χ1n) is 6.90. The molecule has 1 aromatic carbocycles. The molecule has 2 rings (SSSR count). The molecule has 6 nitrogen and oxygen atoms in total. The number of hydrogen-bond donors (Lipinski definition) is 0. The molecule has 0 atom stereocenters. The first-order chi connectivity index (χ1) is 11.0. The van der Waals surface area contributed by atoms with Crippen LogP contribution in [0.4, 0.5) is 0 Å². The first kappa shape index (κ1) is 17.2. The van der Waals surface area contributed by atoms with Crippen molar-refractivity contribution in [2.24, 2.45) is 0 Å². The van der Waals surface area contributed by atoms with Gasteiger partial charge in [0.1, 0.15) is 0 Å². The molecule has 0 saturated heterocycles. The SMILES string of the molecule is C=CCn1c(=O)n(CC=C)c(=O)n(Cc2ccc(I)cc2)c1=O. The van der Waals surface area contributed by atoms with Crippen LogP contribution in [0.2, 0.25) is 0 Å². The van der Waals surface area contributed by atoms with Gasteiger partial charge in [0.25, 0.3) is 0 Å². The Morgan fingerprint density at radius 2 is 1.26 bits per heavy atom. The zero-order valence-corrected chi connectivity index (χ0v) is 14.6. The highest BCUT2D eigenvalue weighted by atomic mass is 127. The normalized spacial score (nSPS) is 10.5. The van der Waals surface area contributed by atoms with E-state index < -0.39 is 17.1 Å². The number of nitrogens with zero attached hydrogens (tertiary/aromatic N) is 3. The van der Waals surface area contributed by atoms with E-state index in [9.17, 15) is 14.4 Å². The molecule has 23 heavy (non-hydrogen) atoms. The fraction of sp³-hybridized carbons (Fsp3) is 0.188. The highest BCUT2D eigenvalue weighted by Crippen LogP contribution is 2.06. The van der Waals surface area contributed by atoms with E-state index >= 15 is 0 Å². The third kappa shape index (κ3) is 3.61.